The van der Waals surface area contributed by atoms with Gasteiger partial charge >= 0.3 is 0 Å². The maximum absolute atomic E-state index is 13.3. The van der Waals surface area contributed by atoms with E-state index in [0.717, 1.165) is 28.9 Å². The lowest BCUT2D eigenvalue weighted by Gasteiger charge is -2.16. The summed E-state index contributed by atoms with van der Waals surface area (Å²) in [6.45, 7) is 6.29. The minimum atomic E-state index is -0.144. The second kappa shape index (κ2) is 10.0. The van der Waals surface area contributed by atoms with E-state index in [-0.39, 0.29) is 17.2 Å². The number of hydrogen-bond acceptors (Lipinski definition) is 4. The molecule has 0 aliphatic carbocycles. The van der Waals surface area contributed by atoms with E-state index in [2.05, 4.69) is 25.2 Å². The van der Waals surface area contributed by atoms with Gasteiger partial charge in [-0.15, -0.1) is 0 Å². The number of nitrogens with zero attached hydrogens (tertiary/aromatic N) is 2. The van der Waals surface area contributed by atoms with E-state index >= 15 is 0 Å². The third-order valence-electron chi connectivity index (χ3n) is 5.75. The number of hydrogen-bond donors (Lipinski definition) is 1. The lowest BCUT2D eigenvalue weighted by molar-refractivity contribution is -0.113. The highest BCUT2D eigenvalue weighted by atomic mass is 32.2. The molecule has 0 spiro atoms. The topological polar surface area (TPSA) is 64.0 Å². The number of amides is 1. The largest absolute Gasteiger partial charge is 0.325 e. The number of para-hydroxylation sites is 2. The van der Waals surface area contributed by atoms with Gasteiger partial charge in [0.05, 0.1) is 22.3 Å². The van der Waals surface area contributed by atoms with Crippen molar-refractivity contribution in [1.29, 1.82) is 0 Å². The molecular formula is C27H27N3O2S. The third kappa shape index (κ3) is 5.01. The Hall–Kier alpha value is -3.38. The molecule has 0 aliphatic heterocycles. The van der Waals surface area contributed by atoms with Crippen molar-refractivity contribution in [3.63, 3.8) is 0 Å². The quantitative estimate of drug-likeness (QED) is 0.276. The zero-order valence-corrected chi connectivity index (χ0v) is 19.9. The first-order valence-corrected chi connectivity index (χ1v) is 12.1. The second-order valence-electron chi connectivity index (χ2n) is 8.12. The van der Waals surface area contributed by atoms with Crippen LogP contribution in [0.2, 0.25) is 0 Å². The van der Waals surface area contributed by atoms with Crippen LogP contribution in [0, 0.1) is 6.92 Å². The van der Waals surface area contributed by atoms with Gasteiger partial charge in [0.25, 0.3) is 5.56 Å². The van der Waals surface area contributed by atoms with Gasteiger partial charge in [0.15, 0.2) is 5.16 Å². The summed E-state index contributed by atoms with van der Waals surface area (Å²) in [5.41, 5.74) is 4.27. The van der Waals surface area contributed by atoms with Crippen molar-refractivity contribution in [2.75, 3.05) is 11.1 Å². The Morgan fingerprint density at radius 3 is 2.48 bits per heavy atom. The molecule has 0 aliphatic rings. The van der Waals surface area contributed by atoms with Crippen LogP contribution in [0.5, 0.6) is 0 Å². The molecule has 0 saturated heterocycles. The Balaban J connectivity index is 1.64. The predicted octanol–water partition coefficient (Wildman–Crippen LogP) is 5.94. The highest BCUT2D eigenvalue weighted by Crippen LogP contribution is 2.27. The van der Waals surface area contributed by atoms with Crippen molar-refractivity contribution in [2.45, 2.75) is 38.3 Å². The Kier molecular flexibility index (Phi) is 6.94. The van der Waals surface area contributed by atoms with Gasteiger partial charge in [-0.2, -0.15) is 0 Å². The highest BCUT2D eigenvalue weighted by molar-refractivity contribution is 7.99. The van der Waals surface area contributed by atoms with Crippen LogP contribution < -0.4 is 10.9 Å². The number of aryl methyl sites for hydroxylation is 1. The van der Waals surface area contributed by atoms with Crippen LogP contribution in [-0.2, 0) is 4.79 Å². The molecule has 3 aromatic carbocycles. The van der Waals surface area contributed by atoms with Crippen LogP contribution in [0.15, 0.2) is 82.7 Å². The summed E-state index contributed by atoms with van der Waals surface area (Å²) in [6.07, 6.45) is 0.992. The van der Waals surface area contributed by atoms with Crippen LogP contribution in [0.1, 0.15) is 37.3 Å². The molecule has 33 heavy (non-hydrogen) atoms. The Morgan fingerprint density at radius 1 is 1.03 bits per heavy atom. The van der Waals surface area contributed by atoms with Crippen LogP contribution >= 0.6 is 11.8 Å². The predicted molar refractivity (Wildman–Crippen MR) is 137 cm³/mol. The SMILES string of the molecule is CCC(C)c1ccccc1NC(=O)CSc1nc2ccccc2c(=O)n1-c1ccc(C)cc1. The average Bonchev–Trinajstić information content (AvgIpc) is 2.83. The lowest BCUT2D eigenvalue weighted by atomic mass is 9.97. The summed E-state index contributed by atoms with van der Waals surface area (Å²) in [5.74, 6) is 0.363. The van der Waals surface area contributed by atoms with Crippen molar-refractivity contribution >= 4 is 34.3 Å². The van der Waals surface area contributed by atoms with Crippen LogP contribution in [0.3, 0.4) is 0 Å². The monoisotopic (exact) mass is 457 g/mol. The van der Waals surface area contributed by atoms with Crippen molar-refractivity contribution < 1.29 is 4.79 Å². The second-order valence-corrected chi connectivity index (χ2v) is 9.06. The molecule has 1 heterocycles. The maximum Gasteiger partial charge on any atom is 0.266 e. The molecule has 1 amide bonds. The van der Waals surface area contributed by atoms with Crippen molar-refractivity contribution in [1.82, 2.24) is 9.55 Å². The van der Waals surface area contributed by atoms with E-state index in [1.807, 2.05) is 67.6 Å². The van der Waals surface area contributed by atoms with Gasteiger partial charge in [0.2, 0.25) is 5.91 Å². The van der Waals surface area contributed by atoms with Gasteiger partial charge in [0.1, 0.15) is 0 Å². The first kappa shape index (κ1) is 22.8. The minimum Gasteiger partial charge on any atom is -0.325 e. The fourth-order valence-corrected chi connectivity index (χ4v) is 4.52. The number of fused-ring (bicyclic) bond motifs is 1. The van der Waals surface area contributed by atoms with E-state index in [0.29, 0.717) is 22.0 Å². The maximum atomic E-state index is 13.3. The Labute approximate surface area is 197 Å². The fourth-order valence-electron chi connectivity index (χ4n) is 3.71. The molecule has 0 fully saturated rings. The standard InChI is InChI=1S/C27H27N3O2S/c1-4-19(3)21-9-5-7-11-23(21)28-25(31)17-33-27-29-24-12-8-6-10-22(24)26(32)30(27)20-15-13-18(2)14-16-20/h5-16,19H,4,17H2,1-3H3,(H,28,31). The Morgan fingerprint density at radius 2 is 1.73 bits per heavy atom. The van der Waals surface area contributed by atoms with E-state index in [9.17, 15) is 9.59 Å². The van der Waals surface area contributed by atoms with Gasteiger partial charge < -0.3 is 5.32 Å². The van der Waals surface area contributed by atoms with E-state index in [1.54, 1.807) is 10.6 Å². The molecule has 0 bridgehead atoms. The third-order valence-corrected chi connectivity index (χ3v) is 6.69. The molecule has 1 aromatic heterocycles. The van der Waals surface area contributed by atoms with Crippen molar-refractivity contribution in [3.8, 4) is 5.69 Å². The van der Waals surface area contributed by atoms with E-state index in [1.165, 1.54) is 11.8 Å². The molecular weight excluding hydrogens is 430 g/mol. The number of rotatable bonds is 7. The summed E-state index contributed by atoms with van der Waals surface area (Å²) < 4.78 is 1.59. The molecule has 4 rings (SSSR count). The molecule has 0 radical (unpaired) electrons. The number of benzene rings is 3. The zero-order chi connectivity index (χ0) is 23.4. The molecule has 1 N–H and O–H groups in total. The number of aromatic nitrogens is 2. The zero-order valence-electron chi connectivity index (χ0n) is 19.0. The number of carbonyl (C=O) groups excluding carboxylic acids is 1. The average molecular weight is 458 g/mol. The van der Waals surface area contributed by atoms with Crippen LogP contribution in [0.4, 0.5) is 5.69 Å². The van der Waals surface area contributed by atoms with Crippen molar-refractivity contribution in [2.24, 2.45) is 0 Å². The van der Waals surface area contributed by atoms with E-state index < -0.39 is 0 Å². The fraction of sp³-hybridized carbons (Fsp3) is 0.222. The number of anilines is 1. The van der Waals surface area contributed by atoms with Crippen LogP contribution in [0.25, 0.3) is 16.6 Å². The molecule has 1 atom stereocenters. The van der Waals surface area contributed by atoms with Crippen LogP contribution in [-0.4, -0.2) is 21.2 Å². The molecule has 168 valence electrons. The van der Waals surface area contributed by atoms with E-state index in [4.69, 9.17) is 4.98 Å². The number of nitrogens with one attached hydrogen (secondary N) is 1. The van der Waals surface area contributed by atoms with Gasteiger partial charge in [-0.05, 0) is 55.2 Å². The summed E-state index contributed by atoms with van der Waals surface area (Å²) in [6, 6.07) is 22.9. The molecule has 0 saturated carbocycles. The normalized spacial score (nSPS) is 12.0. The van der Waals surface area contributed by atoms with Crippen molar-refractivity contribution in [3.05, 3.63) is 94.3 Å². The summed E-state index contributed by atoms with van der Waals surface area (Å²) in [7, 11) is 0. The van der Waals surface area contributed by atoms with Gasteiger partial charge in [-0.1, -0.05) is 73.6 Å². The van der Waals surface area contributed by atoms with Gasteiger partial charge in [-0.3, -0.25) is 14.2 Å². The molecule has 4 aromatic rings. The Bertz CT molecular complexity index is 1350. The molecule has 6 heteroatoms. The minimum absolute atomic E-state index is 0.131. The van der Waals surface area contributed by atoms with Gasteiger partial charge in [-0.25, -0.2) is 4.98 Å². The first-order valence-electron chi connectivity index (χ1n) is 11.1. The number of carbonyl (C=O) groups is 1. The smallest absolute Gasteiger partial charge is 0.266 e. The first-order chi connectivity index (χ1) is 16.0. The molecule has 5 nitrogen and oxygen atoms in total. The lowest BCUT2D eigenvalue weighted by Crippen LogP contribution is -2.23. The molecule has 1 unspecified atom stereocenters. The summed E-state index contributed by atoms with van der Waals surface area (Å²) >= 11 is 1.26. The highest BCUT2D eigenvalue weighted by Gasteiger charge is 2.16. The summed E-state index contributed by atoms with van der Waals surface area (Å²) in [4.78, 5) is 30.9. The summed E-state index contributed by atoms with van der Waals surface area (Å²) in [5, 5.41) is 4.08. The number of thioether (sulfide) groups is 1. The van der Waals surface area contributed by atoms with Gasteiger partial charge in [0, 0.05) is 5.69 Å².